The van der Waals surface area contributed by atoms with Gasteiger partial charge >= 0.3 is 0 Å². The van der Waals surface area contributed by atoms with Crippen LogP contribution in [0.2, 0.25) is 0 Å². The number of halogens is 1. The summed E-state index contributed by atoms with van der Waals surface area (Å²) in [6.45, 7) is -0.0948. The van der Waals surface area contributed by atoms with Crippen LogP contribution in [0.4, 0.5) is 10.1 Å². The van der Waals surface area contributed by atoms with Gasteiger partial charge in [-0.15, -0.1) is 10.2 Å². The lowest BCUT2D eigenvalue weighted by molar-refractivity contribution is -0.115. The topological polar surface area (TPSA) is 89.8 Å². The molecule has 1 aliphatic rings. The Morgan fingerprint density at radius 1 is 1.24 bits per heavy atom. The van der Waals surface area contributed by atoms with Gasteiger partial charge in [-0.1, -0.05) is 12.1 Å². The molecule has 4 rings (SSSR count). The molecule has 8 heteroatoms. The van der Waals surface area contributed by atoms with Crippen molar-refractivity contribution in [1.29, 1.82) is 0 Å². The second kappa shape index (κ2) is 5.90. The molecule has 1 aromatic heterocycles. The Labute approximate surface area is 141 Å². The molecule has 1 aliphatic heterocycles. The molecule has 3 aromatic rings. The average Bonchev–Trinajstić information content (AvgIpc) is 3.19. The number of fused-ring (bicyclic) bond motifs is 1. The Morgan fingerprint density at radius 3 is 2.96 bits per heavy atom. The fraction of sp³-hybridized carbons (Fsp3) is 0.118. The van der Waals surface area contributed by atoms with Gasteiger partial charge in [0.1, 0.15) is 12.4 Å². The van der Waals surface area contributed by atoms with E-state index in [2.05, 4.69) is 20.7 Å². The highest BCUT2D eigenvalue weighted by Gasteiger charge is 2.19. The van der Waals surface area contributed by atoms with E-state index >= 15 is 0 Å². The van der Waals surface area contributed by atoms with Crippen molar-refractivity contribution in [3.8, 4) is 11.4 Å². The molecular formula is C17H12FN5O2. The maximum absolute atomic E-state index is 13.3. The summed E-state index contributed by atoms with van der Waals surface area (Å²) in [5, 5.41) is 14.5. The minimum Gasteiger partial charge on any atom is -0.326 e. The average molecular weight is 337 g/mol. The molecule has 0 unspecified atom stereocenters. The summed E-state index contributed by atoms with van der Waals surface area (Å²) in [7, 11) is 0. The highest BCUT2D eigenvalue weighted by atomic mass is 19.1. The van der Waals surface area contributed by atoms with Crippen LogP contribution in [-0.4, -0.2) is 31.9 Å². The van der Waals surface area contributed by atoms with E-state index in [9.17, 15) is 14.0 Å². The molecule has 0 radical (unpaired) electrons. The van der Waals surface area contributed by atoms with E-state index in [1.807, 2.05) is 0 Å². The van der Waals surface area contributed by atoms with Crippen molar-refractivity contribution < 1.29 is 14.0 Å². The number of nitrogens with zero attached hydrogens (tertiary/aromatic N) is 4. The van der Waals surface area contributed by atoms with E-state index < -0.39 is 5.82 Å². The van der Waals surface area contributed by atoms with Crippen LogP contribution in [0.25, 0.3) is 11.4 Å². The third kappa shape index (κ3) is 3.01. The molecule has 0 aliphatic carbocycles. The standard InChI is InChI=1S/C17H12FN5O2/c18-13-3-1-2-11(7-13)17-20-22-23(21-17)9-15(24)10-4-5-14-12(6-10)8-16(25)19-14/h1-7H,8-9H2,(H,19,25). The van der Waals surface area contributed by atoms with Crippen molar-refractivity contribution in [2.45, 2.75) is 13.0 Å². The van der Waals surface area contributed by atoms with Crippen LogP contribution in [0.1, 0.15) is 15.9 Å². The lowest BCUT2D eigenvalue weighted by atomic mass is 10.1. The lowest BCUT2D eigenvalue weighted by Gasteiger charge is -2.03. The number of ketones is 1. The molecule has 0 saturated carbocycles. The summed E-state index contributed by atoms with van der Waals surface area (Å²) in [4.78, 5) is 24.9. The number of aromatic nitrogens is 4. The summed E-state index contributed by atoms with van der Waals surface area (Å²) in [6.07, 6.45) is 0.266. The maximum Gasteiger partial charge on any atom is 0.228 e. The molecule has 2 heterocycles. The van der Waals surface area contributed by atoms with Gasteiger partial charge in [0.2, 0.25) is 11.7 Å². The van der Waals surface area contributed by atoms with Crippen LogP contribution in [0, 0.1) is 5.82 Å². The highest BCUT2D eigenvalue weighted by molar-refractivity contribution is 6.02. The Kier molecular flexibility index (Phi) is 3.57. The van der Waals surface area contributed by atoms with Crippen LogP contribution in [0.3, 0.4) is 0 Å². The molecule has 0 bridgehead atoms. The minimum atomic E-state index is -0.397. The van der Waals surface area contributed by atoms with Crippen LogP contribution in [0.15, 0.2) is 42.5 Å². The van der Waals surface area contributed by atoms with Gasteiger partial charge in [-0.25, -0.2) is 4.39 Å². The number of hydrogen-bond donors (Lipinski definition) is 1. The highest BCUT2D eigenvalue weighted by Crippen LogP contribution is 2.24. The van der Waals surface area contributed by atoms with E-state index in [1.165, 1.54) is 16.9 Å². The monoisotopic (exact) mass is 337 g/mol. The lowest BCUT2D eigenvalue weighted by Crippen LogP contribution is -2.13. The Bertz CT molecular complexity index is 998. The summed E-state index contributed by atoms with van der Waals surface area (Å²) in [5.74, 6) is -0.440. The zero-order chi connectivity index (χ0) is 17.4. The quantitative estimate of drug-likeness (QED) is 0.734. The summed E-state index contributed by atoms with van der Waals surface area (Å²) < 4.78 is 13.3. The van der Waals surface area contributed by atoms with Crippen LogP contribution in [-0.2, 0) is 17.8 Å². The smallest absolute Gasteiger partial charge is 0.228 e. The number of anilines is 1. The fourth-order valence-corrected chi connectivity index (χ4v) is 2.68. The number of amides is 1. The van der Waals surface area contributed by atoms with Crippen molar-refractivity contribution in [3.63, 3.8) is 0 Å². The van der Waals surface area contributed by atoms with Crippen molar-refractivity contribution >= 4 is 17.4 Å². The number of Topliss-reactive ketones (excluding diaryl/α,β-unsaturated/α-hetero) is 1. The first-order chi connectivity index (χ1) is 12.1. The first-order valence-corrected chi connectivity index (χ1v) is 7.58. The zero-order valence-electron chi connectivity index (χ0n) is 12.9. The first kappa shape index (κ1) is 15.1. The maximum atomic E-state index is 13.3. The van der Waals surface area contributed by atoms with Crippen LogP contribution < -0.4 is 5.32 Å². The van der Waals surface area contributed by atoms with E-state index in [0.29, 0.717) is 11.1 Å². The molecule has 7 nitrogen and oxygen atoms in total. The van der Waals surface area contributed by atoms with Crippen molar-refractivity contribution in [2.75, 3.05) is 5.32 Å². The van der Waals surface area contributed by atoms with Gasteiger partial charge in [0.05, 0.1) is 6.42 Å². The Hall–Kier alpha value is -3.42. The number of nitrogens with one attached hydrogen (secondary N) is 1. The van der Waals surface area contributed by atoms with Gasteiger partial charge in [-0.05, 0) is 41.1 Å². The van der Waals surface area contributed by atoms with Crippen LogP contribution >= 0.6 is 0 Å². The van der Waals surface area contributed by atoms with Gasteiger partial charge in [0.15, 0.2) is 5.78 Å². The molecule has 1 amide bonds. The molecule has 0 atom stereocenters. The van der Waals surface area contributed by atoms with E-state index in [-0.39, 0.29) is 30.5 Å². The van der Waals surface area contributed by atoms with E-state index in [1.54, 1.807) is 30.3 Å². The fourth-order valence-electron chi connectivity index (χ4n) is 2.68. The number of carbonyl (C=O) groups is 2. The Morgan fingerprint density at radius 2 is 2.12 bits per heavy atom. The summed E-state index contributed by atoms with van der Waals surface area (Å²) in [5.41, 5.74) is 2.48. The van der Waals surface area contributed by atoms with Gasteiger partial charge < -0.3 is 5.32 Å². The van der Waals surface area contributed by atoms with Gasteiger partial charge in [-0.3, -0.25) is 9.59 Å². The van der Waals surface area contributed by atoms with Crippen molar-refractivity contribution in [2.24, 2.45) is 0 Å². The summed E-state index contributed by atoms with van der Waals surface area (Å²) >= 11 is 0. The van der Waals surface area contributed by atoms with Crippen molar-refractivity contribution in [3.05, 3.63) is 59.4 Å². The van der Waals surface area contributed by atoms with Gasteiger partial charge in [-0.2, -0.15) is 4.80 Å². The second-order valence-electron chi connectivity index (χ2n) is 5.67. The molecular weight excluding hydrogens is 325 g/mol. The normalized spacial score (nSPS) is 12.8. The molecule has 0 fully saturated rings. The molecule has 1 N–H and O–H groups in total. The predicted octanol–water partition coefficient (Wildman–Crippen LogP) is 1.86. The third-order valence-corrected chi connectivity index (χ3v) is 3.87. The SMILES string of the molecule is O=C1Cc2cc(C(=O)Cn3nnc(-c4cccc(F)c4)n3)ccc2N1. The number of carbonyl (C=O) groups excluding carboxylic acids is 2. The predicted molar refractivity (Wildman–Crippen MR) is 86.3 cm³/mol. The summed E-state index contributed by atoms with van der Waals surface area (Å²) in [6, 6.07) is 10.9. The number of rotatable bonds is 4. The minimum absolute atomic E-state index is 0.0859. The largest absolute Gasteiger partial charge is 0.326 e. The second-order valence-corrected chi connectivity index (χ2v) is 5.67. The van der Waals surface area contributed by atoms with Gasteiger partial charge in [0.25, 0.3) is 0 Å². The van der Waals surface area contributed by atoms with Crippen LogP contribution in [0.5, 0.6) is 0 Å². The number of hydrogen-bond acceptors (Lipinski definition) is 5. The molecule has 0 saturated heterocycles. The molecule has 0 spiro atoms. The third-order valence-electron chi connectivity index (χ3n) is 3.87. The Balaban J connectivity index is 1.52. The molecule has 2 aromatic carbocycles. The zero-order valence-corrected chi connectivity index (χ0v) is 12.9. The first-order valence-electron chi connectivity index (χ1n) is 7.58. The van der Waals surface area contributed by atoms with Gasteiger partial charge in [0, 0.05) is 16.8 Å². The van der Waals surface area contributed by atoms with Crippen molar-refractivity contribution in [1.82, 2.24) is 20.2 Å². The number of tetrazole rings is 1. The number of benzene rings is 2. The molecule has 25 heavy (non-hydrogen) atoms. The van der Waals surface area contributed by atoms with E-state index in [0.717, 1.165) is 11.3 Å². The van der Waals surface area contributed by atoms with E-state index in [4.69, 9.17) is 0 Å². The molecule has 124 valence electrons.